The van der Waals surface area contributed by atoms with Crippen molar-refractivity contribution in [2.75, 3.05) is 13.7 Å². The van der Waals surface area contributed by atoms with Gasteiger partial charge in [-0.15, -0.1) is 11.3 Å². The Hall–Kier alpha value is -1.92. The van der Waals surface area contributed by atoms with Crippen LogP contribution in [-0.4, -0.2) is 24.7 Å². The average Bonchev–Trinajstić information content (AvgIpc) is 2.93. The molecule has 1 unspecified atom stereocenters. The van der Waals surface area contributed by atoms with Gasteiger partial charge in [0.2, 0.25) is 0 Å². The second-order valence-electron chi connectivity index (χ2n) is 4.07. The fourth-order valence-electron chi connectivity index (χ4n) is 1.75. The fourth-order valence-corrected chi connectivity index (χ4v) is 2.52. The number of amides is 1. The smallest absolute Gasteiger partial charge is 0.265 e. The van der Waals surface area contributed by atoms with E-state index in [0.29, 0.717) is 10.6 Å². The van der Waals surface area contributed by atoms with Crippen LogP contribution < -0.4 is 10.1 Å². The molecule has 4 nitrogen and oxygen atoms in total. The number of hydrogen-bond donors (Lipinski definition) is 2. The first kappa shape index (κ1) is 14.5. The lowest BCUT2D eigenvalue weighted by molar-refractivity contribution is 0.0915. The summed E-state index contributed by atoms with van der Waals surface area (Å²) in [4.78, 5) is 12.3. The van der Waals surface area contributed by atoms with Gasteiger partial charge in [-0.1, -0.05) is 18.2 Å². The maximum Gasteiger partial charge on any atom is 0.265 e. The molecule has 1 heterocycles. The molecule has 0 bridgehead atoms. The zero-order chi connectivity index (χ0) is 14.5. The van der Waals surface area contributed by atoms with Crippen LogP contribution in [0.25, 0.3) is 0 Å². The van der Waals surface area contributed by atoms with E-state index in [-0.39, 0.29) is 18.0 Å². The molecule has 0 fully saturated rings. The van der Waals surface area contributed by atoms with Crippen molar-refractivity contribution < 1.29 is 19.0 Å². The highest BCUT2D eigenvalue weighted by atomic mass is 32.1. The quantitative estimate of drug-likeness (QED) is 0.890. The molecular formula is C14H14FNO3S. The van der Waals surface area contributed by atoms with Gasteiger partial charge >= 0.3 is 0 Å². The summed E-state index contributed by atoms with van der Waals surface area (Å²) in [5.74, 6) is -0.372. The van der Waals surface area contributed by atoms with Gasteiger partial charge in [0, 0.05) is 12.1 Å². The van der Waals surface area contributed by atoms with Crippen molar-refractivity contribution in [3.05, 3.63) is 52.0 Å². The Kier molecular flexibility index (Phi) is 4.70. The number of benzene rings is 1. The van der Waals surface area contributed by atoms with Crippen LogP contribution in [0, 0.1) is 5.82 Å². The van der Waals surface area contributed by atoms with Gasteiger partial charge in [0.25, 0.3) is 5.91 Å². The van der Waals surface area contributed by atoms with Crippen LogP contribution in [0.4, 0.5) is 4.39 Å². The van der Waals surface area contributed by atoms with Crippen molar-refractivity contribution in [2.24, 2.45) is 0 Å². The summed E-state index contributed by atoms with van der Waals surface area (Å²) in [6, 6.07) is 7.61. The highest BCUT2D eigenvalue weighted by molar-refractivity contribution is 7.12. The summed E-state index contributed by atoms with van der Waals surface area (Å²) >= 11 is 1.24. The number of nitrogens with one attached hydrogen (secondary N) is 1. The lowest BCUT2D eigenvalue weighted by atomic mass is 10.1. The van der Waals surface area contributed by atoms with E-state index in [1.54, 1.807) is 23.6 Å². The lowest BCUT2D eigenvalue weighted by Crippen LogP contribution is -2.28. The second-order valence-corrected chi connectivity index (χ2v) is 4.98. The molecule has 2 aromatic rings. The SMILES string of the molecule is COc1ccsc1C(=O)NCC(O)c1ccccc1F. The Balaban J connectivity index is 1.99. The molecule has 1 atom stereocenters. The van der Waals surface area contributed by atoms with Gasteiger partial charge in [-0.25, -0.2) is 4.39 Å². The Morgan fingerprint density at radius 1 is 1.45 bits per heavy atom. The molecular weight excluding hydrogens is 281 g/mol. The van der Waals surface area contributed by atoms with Gasteiger partial charge in [0.15, 0.2) is 0 Å². The molecule has 1 amide bonds. The van der Waals surface area contributed by atoms with Crippen LogP contribution in [0.1, 0.15) is 21.3 Å². The zero-order valence-electron chi connectivity index (χ0n) is 10.8. The van der Waals surface area contributed by atoms with Crippen LogP contribution in [0.2, 0.25) is 0 Å². The number of ether oxygens (including phenoxy) is 1. The number of aliphatic hydroxyl groups excluding tert-OH is 1. The standard InChI is InChI=1S/C14H14FNO3S/c1-19-12-6-7-20-13(12)14(18)16-8-11(17)9-4-2-3-5-10(9)15/h2-7,11,17H,8H2,1H3,(H,16,18). The largest absolute Gasteiger partial charge is 0.495 e. The maximum absolute atomic E-state index is 13.5. The fraction of sp³-hybridized carbons (Fsp3) is 0.214. The molecule has 1 aromatic carbocycles. The third-order valence-corrected chi connectivity index (χ3v) is 3.67. The molecule has 0 saturated heterocycles. The van der Waals surface area contributed by atoms with Gasteiger partial charge in [-0.2, -0.15) is 0 Å². The van der Waals surface area contributed by atoms with Gasteiger partial charge in [0.1, 0.15) is 16.4 Å². The van der Waals surface area contributed by atoms with Gasteiger partial charge in [0.05, 0.1) is 13.2 Å². The van der Waals surface area contributed by atoms with Crippen LogP contribution in [0.5, 0.6) is 5.75 Å². The predicted molar refractivity (Wildman–Crippen MR) is 74.6 cm³/mol. The normalized spacial score (nSPS) is 11.9. The van der Waals surface area contributed by atoms with Crippen molar-refractivity contribution in [2.45, 2.75) is 6.10 Å². The molecule has 0 spiro atoms. The van der Waals surface area contributed by atoms with E-state index in [0.717, 1.165) is 0 Å². The van der Waals surface area contributed by atoms with Gasteiger partial charge in [-0.05, 0) is 17.5 Å². The summed E-state index contributed by atoms with van der Waals surface area (Å²) < 4.78 is 18.5. The van der Waals surface area contributed by atoms with Crippen LogP contribution in [0.3, 0.4) is 0 Å². The first-order chi connectivity index (χ1) is 9.63. The summed E-state index contributed by atoms with van der Waals surface area (Å²) in [6.07, 6.45) is -1.09. The van der Waals surface area contributed by atoms with E-state index >= 15 is 0 Å². The van der Waals surface area contributed by atoms with Crippen molar-refractivity contribution in [1.82, 2.24) is 5.32 Å². The van der Waals surface area contributed by atoms with E-state index in [1.807, 2.05) is 0 Å². The highest BCUT2D eigenvalue weighted by Gasteiger charge is 2.17. The molecule has 0 aliphatic heterocycles. The molecule has 2 N–H and O–H groups in total. The third kappa shape index (κ3) is 3.15. The van der Waals surface area contributed by atoms with Crippen LogP contribution >= 0.6 is 11.3 Å². The predicted octanol–water partition coefficient (Wildman–Crippen LogP) is 2.36. The van der Waals surface area contributed by atoms with Crippen LogP contribution in [0.15, 0.2) is 35.7 Å². The van der Waals surface area contributed by atoms with Gasteiger partial charge < -0.3 is 15.2 Å². The number of halogens is 1. The number of aliphatic hydroxyl groups is 1. The molecule has 2 rings (SSSR count). The minimum Gasteiger partial charge on any atom is -0.495 e. The highest BCUT2D eigenvalue weighted by Crippen LogP contribution is 2.24. The summed E-state index contributed by atoms with van der Waals surface area (Å²) in [5.41, 5.74) is 0.158. The van der Waals surface area contributed by atoms with Crippen molar-refractivity contribution in [3.63, 3.8) is 0 Å². The van der Waals surface area contributed by atoms with E-state index in [4.69, 9.17) is 4.74 Å². The number of rotatable bonds is 5. The van der Waals surface area contributed by atoms with Crippen LogP contribution in [-0.2, 0) is 0 Å². The molecule has 20 heavy (non-hydrogen) atoms. The van der Waals surface area contributed by atoms with Gasteiger partial charge in [-0.3, -0.25) is 4.79 Å². The number of thiophene rings is 1. The molecule has 0 aliphatic carbocycles. The summed E-state index contributed by atoms with van der Waals surface area (Å²) in [5, 5.41) is 14.2. The summed E-state index contributed by atoms with van der Waals surface area (Å²) in [7, 11) is 1.48. The average molecular weight is 295 g/mol. The maximum atomic E-state index is 13.5. The Labute approximate surface area is 119 Å². The number of carbonyl (C=O) groups is 1. The monoisotopic (exact) mass is 295 g/mol. The Morgan fingerprint density at radius 3 is 2.90 bits per heavy atom. The molecule has 0 saturated carbocycles. The van der Waals surface area contributed by atoms with Crippen molar-refractivity contribution in [1.29, 1.82) is 0 Å². The van der Waals surface area contributed by atoms with E-state index in [2.05, 4.69) is 5.32 Å². The number of carbonyl (C=O) groups excluding carboxylic acids is 1. The minimum absolute atomic E-state index is 0.0686. The molecule has 0 aliphatic rings. The number of hydrogen-bond acceptors (Lipinski definition) is 4. The molecule has 0 radical (unpaired) electrons. The summed E-state index contributed by atoms with van der Waals surface area (Å²) in [6.45, 7) is -0.0686. The van der Waals surface area contributed by atoms with E-state index < -0.39 is 11.9 Å². The topological polar surface area (TPSA) is 58.6 Å². The zero-order valence-corrected chi connectivity index (χ0v) is 11.6. The Bertz CT molecular complexity index is 600. The lowest BCUT2D eigenvalue weighted by Gasteiger charge is -2.13. The molecule has 1 aromatic heterocycles. The molecule has 106 valence electrons. The number of methoxy groups -OCH3 is 1. The Morgan fingerprint density at radius 2 is 2.20 bits per heavy atom. The first-order valence-electron chi connectivity index (χ1n) is 5.95. The first-order valence-corrected chi connectivity index (χ1v) is 6.83. The van der Waals surface area contributed by atoms with Crippen molar-refractivity contribution in [3.8, 4) is 5.75 Å². The second kappa shape index (κ2) is 6.49. The third-order valence-electron chi connectivity index (χ3n) is 2.78. The molecule has 6 heteroatoms. The van der Waals surface area contributed by atoms with Crippen molar-refractivity contribution >= 4 is 17.2 Å². The van der Waals surface area contributed by atoms with E-state index in [1.165, 1.54) is 30.6 Å². The van der Waals surface area contributed by atoms with E-state index in [9.17, 15) is 14.3 Å². The minimum atomic E-state index is -1.09.